The number of carbonyl (C=O) groups excluding carboxylic acids is 1. The zero-order chi connectivity index (χ0) is 20.5. The van der Waals surface area contributed by atoms with Crippen LogP contribution in [0.15, 0.2) is 60.0 Å². The predicted molar refractivity (Wildman–Crippen MR) is 111 cm³/mol. The molecule has 2 aromatic carbocycles. The molecular formula is C22H17F2N3OS. The van der Waals surface area contributed by atoms with Crippen molar-refractivity contribution in [1.29, 1.82) is 0 Å². The summed E-state index contributed by atoms with van der Waals surface area (Å²) in [5, 5.41) is 4.81. The van der Waals surface area contributed by atoms with Crippen molar-refractivity contribution >= 4 is 22.4 Å². The molecule has 0 bridgehead atoms. The van der Waals surface area contributed by atoms with Gasteiger partial charge in [0.2, 0.25) is 0 Å². The van der Waals surface area contributed by atoms with Crippen LogP contribution in [0.5, 0.6) is 0 Å². The van der Waals surface area contributed by atoms with E-state index in [9.17, 15) is 13.6 Å². The number of nitrogens with zero attached hydrogens (tertiary/aromatic N) is 2. The Kier molecular flexibility index (Phi) is 4.98. The summed E-state index contributed by atoms with van der Waals surface area (Å²) in [6, 6.07) is 14.8. The van der Waals surface area contributed by atoms with Crippen molar-refractivity contribution in [3.8, 4) is 16.9 Å². The summed E-state index contributed by atoms with van der Waals surface area (Å²) in [6.45, 7) is 4.04. The van der Waals surface area contributed by atoms with Gasteiger partial charge in [-0.1, -0.05) is 18.2 Å². The molecule has 1 N–H and O–H groups in total. The lowest BCUT2D eigenvalue weighted by Crippen LogP contribution is -2.12. The van der Waals surface area contributed by atoms with E-state index < -0.39 is 17.5 Å². The standard InChI is InChI=1S/C22H17F2N3OS/c1-13-8-19(14(2)27(13)18-6-4-3-5-7-18)20-12-29-22(25-20)26-21(28)15-9-16(23)11-17(24)10-15/h3-12H,1-2H3,(H,25,26,28). The van der Waals surface area contributed by atoms with Gasteiger partial charge in [0, 0.05) is 39.6 Å². The molecule has 2 heterocycles. The van der Waals surface area contributed by atoms with Crippen LogP contribution in [-0.4, -0.2) is 15.5 Å². The molecule has 0 spiro atoms. The summed E-state index contributed by atoms with van der Waals surface area (Å²) in [7, 11) is 0. The molecule has 1 amide bonds. The van der Waals surface area contributed by atoms with Crippen LogP contribution < -0.4 is 5.32 Å². The number of hydrogen-bond acceptors (Lipinski definition) is 3. The van der Waals surface area contributed by atoms with E-state index in [1.807, 2.05) is 55.6 Å². The Morgan fingerprint density at radius 1 is 1.03 bits per heavy atom. The molecule has 4 nitrogen and oxygen atoms in total. The Balaban J connectivity index is 1.61. The van der Waals surface area contributed by atoms with Gasteiger partial charge in [0.1, 0.15) is 11.6 Å². The molecule has 0 aliphatic rings. The lowest BCUT2D eigenvalue weighted by atomic mass is 10.2. The van der Waals surface area contributed by atoms with Crippen LogP contribution in [0.1, 0.15) is 21.7 Å². The number of anilines is 1. The third-order valence-electron chi connectivity index (χ3n) is 4.57. The first-order valence-electron chi connectivity index (χ1n) is 8.90. The number of thiazole rings is 1. The van der Waals surface area contributed by atoms with Crippen molar-refractivity contribution in [2.75, 3.05) is 5.32 Å². The quantitative estimate of drug-likeness (QED) is 0.467. The summed E-state index contributed by atoms with van der Waals surface area (Å²) in [5.41, 5.74) is 4.75. The first-order valence-corrected chi connectivity index (χ1v) is 9.78. The maximum Gasteiger partial charge on any atom is 0.257 e. The Bertz CT molecular complexity index is 1180. The van der Waals surface area contributed by atoms with Crippen LogP contribution in [0.4, 0.5) is 13.9 Å². The zero-order valence-electron chi connectivity index (χ0n) is 15.7. The Morgan fingerprint density at radius 3 is 2.41 bits per heavy atom. The molecular weight excluding hydrogens is 392 g/mol. The fourth-order valence-corrected chi connectivity index (χ4v) is 4.01. The van der Waals surface area contributed by atoms with Gasteiger partial charge < -0.3 is 4.57 Å². The minimum Gasteiger partial charge on any atom is -0.318 e. The van der Waals surface area contributed by atoms with E-state index in [2.05, 4.69) is 14.9 Å². The summed E-state index contributed by atoms with van der Waals surface area (Å²) in [6.07, 6.45) is 0. The van der Waals surface area contributed by atoms with Crippen molar-refractivity contribution < 1.29 is 13.6 Å². The average Bonchev–Trinajstić information content (AvgIpc) is 3.25. The minimum atomic E-state index is -0.802. The first-order chi connectivity index (χ1) is 13.9. The van der Waals surface area contributed by atoms with E-state index in [0.717, 1.165) is 46.5 Å². The molecule has 29 heavy (non-hydrogen) atoms. The van der Waals surface area contributed by atoms with Gasteiger partial charge >= 0.3 is 0 Å². The largest absolute Gasteiger partial charge is 0.318 e. The van der Waals surface area contributed by atoms with Crippen molar-refractivity contribution in [3.63, 3.8) is 0 Å². The second-order valence-electron chi connectivity index (χ2n) is 6.61. The average molecular weight is 409 g/mol. The van der Waals surface area contributed by atoms with Gasteiger partial charge in [-0.2, -0.15) is 0 Å². The molecule has 0 atom stereocenters. The number of benzene rings is 2. The van der Waals surface area contributed by atoms with Gasteiger partial charge in [-0.25, -0.2) is 13.8 Å². The van der Waals surface area contributed by atoms with Crippen LogP contribution in [0.25, 0.3) is 16.9 Å². The molecule has 0 fully saturated rings. The molecule has 7 heteroatoms. The van der Waals surface area contributed by atoms with Gasteiger partial charge in [-0.05, 0) is 44.2 Å². The second-order valence-corrected chi connectivity index (χ2v) is 7.46. The molecule has 4 aromatic rings. The van der Waals surface area contributed by atoms with Gasteiger partial charge in [0.25, 0.3) is 5.91 Å². The number of hydrogen-bond donors (Lipinski definition) is 1. The van der Waals surface area contributed by atoms with Crippen LogP contribution in [0, 0.1) is 25.5 Å². The predicted octanol–water partition coefficient (Wildman–Crippen LogP) is 5.75. The van der Waals surface area contributed by atoms with E-state index in [-0.39, 0.29) is 5.56 Å². The number of para-hydroxylation sites is 1. The molecule has 146 valence electrons. The van der Waals surface area contributed by atoms with Crippen LogP contribution in [0.3, 0.4) is 0 Å². The zero-order valence-corrected chi connectivity index (χ0v) is 16.6. The number of carbonyl (C=O) groups is 1. The van der Waals surface area contributed by atoms with Crippen LogP contribution >= 0.6 is 11.3 Å². The molecule has 0 aliphatic carbocycles. The number of halogens is 2. The highest BCUT2D eigenvalue weighted by atomic mass is 32.1. The molecule has 4 rings (SSSR count). The summed E-state index contributed by atoms with van der Waals surface area (Å²) in [4.78, 5) is 16.8. The van der Waals surface area contributed by atoms with Crippen molar-refractivity contribution in [2.45, 2.75) is 13.8 Å². The maximum absolute atomic E-state index is 13.3. The Labute approximate surface area is 170 Å². The van der Waals surface area contributed by atoms with Crippen molar-refractivity contribution in [1.82, 2.24) is 9.55 Å². The van der Waals surface area contributed by atoms with Crippen molar-refractivity contribution in [3.05, 3.63) is 88.6 Å². The van der Waals surface area contributed by atoms with E-state index in [4.69, 9.17) is 0 Å². The number of aryl methyl sites for hydroxylation is 1. The third kappa shape index (κ3) is 3.82. The lowest BCUT2D eigenvalue weighted by molar-refractivity contribution is 0.102. The first kappa shape index (κ1) is 19.0. The SMILES string of the molecule is Cc1cc(-c2csc(NC(=O)c3cc(F)cc(F)c3)n2)c(C)n1-c1ccccc1. The molecule has 0 radical (unpaired) electrons. The van der Waals surface area contributed by atoms with Gasteiger partial charge in [-0.3, -0.25) is 10.1 Å². The Hall–Kier alpha value is -3.32. The third-order valence-corrected chi connectivity index (χ3v) is 5.33. The Morgan fingerprint density at radius 2 is 1.72 bits per heavy atom. The van der Waals surface area contributed by atoms with E-state index in [1.165, 1.54) is 11.3 Å². The molecule has 2 aromatic heterocycles. The minimum absolute atomic E-state index is 0.0958. The fourth-order valence-electron chi connectivity index (χ4n) is 3.31. The van der Waals surface area contributed by atoms with Crippen LogP contribution in [-0.2, 0) is 0 Å². The summed E-state index contributed by atoms with van der Waals surface area (Å²) in [5.74, 6) is -2.22. The van der Waals surface area contributed by atoms with E-state index in [0.29, 0.717) is 5.13 Å². The van der Waals surface area contributed by atoms with Crippen molar-refractivity contribution in [2.24, 2.45) is 0 Å². The van der Waals surface area contributed by atoms with Gasteiger partial charge in [0.05, 0.1) is 5.69 Å². The molecule has 0 saturated carbocycles. The lowest BCUT2D eigenvalue weighted by Gasteiger charge is -2.09. The number of rotatable bonds is 4. The topological polar surface area (TPSA) is 46.9 Å². The number of amides is 1. The second kappa shape index (κ2) is 7.60. The molecule has 0 saturated heterocycles. The van der Waals surface area contributed by atoms with E-state index >= 15 is 0 Å². The fraction of sp³-hybridized carbons (Fsp3) is 0.0909. The molecule has 0 aliphatic heterocycles. The molecule has 0 unspecified atom stereocenters. The number of aromatic nitrogens is 2. The smallest absolute Gasteiger partial charge is 0.257 e. The highest BCUT2D eigenvalue weighted by molar-refractivity contribution is 7.14. The monoisotopic (exact) mass is 409 g/mol. The number of nitrogens with one attached hydrogen (secondary N) is 1. The van der Waals surface area contributed by atoms with Gasteiger partial charge in [-0.15, -0.1) is 11.3 Å². The van der Waals surface area contributed by atoms with Gasteiger partial charge in [0.15, 0.2) is 5.13 Å². The maximum atomic E-state index is 13.3. The van der Waals surface area contributed by atoms with Crippen LogP contribution in [0.2, 0.25) is 0 Å². The highest BCUT2D eigenvalue weighted by Gasteiger charge is 2.16. The normalized spacial score (nSPS) is 10.9. The summed E-state index contributed by atoms with van der Waals surface area (Å²) < 4.78 is 28.8. The summed E-state index contributed by atoms with van der Waals surface area (Å²) >= 11 is 1.26. The highest BCUT2D eigenvalue weighted by Crippen LogP contribution is 2.31. The van der Waals surface area contributed by atoms with E-state index in [1.54, 1.807) is 0 Å².